The highest BCUT2D eigenvalue weighted by Crippen LogP contribution is 2.21. The number of nitrogens with one attached hydrogen (secondary N) is 2. The average Bonchev–Trinajstić information content (AvgIpc) is 3.35. The Hall–Kier alpha value is -4.10. The topological polar surface area (TPSA) is 71.7 Å². The SMILES string of the molecule is CC(=O)N(CC(Cc1c[nH]c2ccccc12)NC(=O)CN1CCN(c2ccccc2)CC1)c1ccccc1. The van der Waals surface area contributed by atoms with Crippen LogP contribution in [0.1, 0.15) is 12.5 Å². The summed E-state index contributed by atoms with van der Waals surface area (Å²) in [6.07, 6.45) is 2.63. The molecule has 0 bridgehead atoms. The number of fused-ring (bicyclic) bond motifs is 1. The van der Waals surface area contributed by atoms with Gasteiger partial charge in [-0.2, -0.15) is 0 Å². The third-order valence-corrected chi connectivity index (χ3v) is 7.22. The fourth-order valence-electron chi connectivity index (χ4n) is 5.25. The zero-order valence-electron chi connectivity index (χ0n) is 21.8. The number of hydrogen-bond acceptors (Lipinski definition) is 4. The van der Waals surface area contributed by atoms with E-state index in [2.05, 4.69) is 50.4 Å². The summed E-state index contributed by atoms with van der Waals surface area (Å²) >= 11 is 0. The van der Waals surface area contributed by atoms with Gasteiger partial charge in [0.1, 0.15) is 0 Å². The first-order chi connectivity index (χ1) is 18.6. The number of aromatic nitrogens is 1. The molecule has 5 rings (SSSR count). The maximum atomic E-state index is 13.3. The van der Waals surface area contributed by atoms with E-state index in [4.69, 9.17) is 0 Å². The molecule has 1 saturated heterocycles. The van der Waals surface area contributed by atoms with Gasteiger partial charge in [-0.1, -0.05) is 54.6 Å². The molecule has 1 fully saturated rings. The predicted octanol–water partition coefficient (Wildman–Crippen LogP) is 4.07. The van der Waals surface area contributed by atoms with Crippen molar-refractivity contribution in [1.29, 1.82) is 0 Å². The second-order valence-electron chi connectivity index (χ2n) is 9.89. The number of aromatic amines is 1. The molecule has 1 atom stereocenters. The van der Waals surface area contributed by atoms with Gasteiger partial charge < -0.3 is 20.1 Å². The van der Waals surface area contributed by atoms with Crippen LogP contribution in [-0.4, -0.2) is 67.0 Å². The van der Waals surface area contributed by atoms with Gasteiger partial charge in [0.2, 0.25) is 11.8 Å². The van der Waals surface area contributed by atoms with E-state index in [0.29, 0.717) is 19.5 Å². The van der Waals surface area contributed by atoms with Crippen molar-refractivity contribution in [3.63, 3.8) is 0 Å². The van der Waals surface area contributed by atoms with E-state index in [1.54, 1.807) is 11.8 Å². The Balaban J connectivity index is 1.27. The maximum absolute atomic E-state index is 13.3. The lowest BCUT2D eigenvalue weighted by atomic mass is 10.0. The maximum Gasteiger partial charge on any atom is 0.234 e. The molecule has 38 heavy (non-hydrogen) atoms. The Labute approximate surface area is 224 Å². The van der Waals surface area contributed by atoms with Crippen LogP contribution in [0.25, 0.3) is 10.9 Å². The standard InChI is InChI=1S/C31H35N5O2/c1-24(37)36(28-12-6-3-7-13-28)22-26(20-25-21-32-30-15-9-8-14-29(25)30)33-31(38)23-34-16-18-35(19-17-34)27-10-4-2-5-11-27/h2-15,21,26,32H,16-20,22-23H2,1H3,(H,33,38). The first-order valence-electron chi connectivity index (χ1n) is 13.3. The van der Waals surface area contributed by atoms with Gasteiger partial charge >= 0.3 is 0 Å². The highest BCUT2D eigenvalue weighted by Gasteiger charge is 2.24. The summed E-state index contributed by atoms with van der Waals surface area (Å²) in [5, 5.41) is 4.40. The molecule has 4 aromatic rings. The summed E-state index contributed by atoms with van der Waals surface area (Å²) in [6.45, 7) is 5.76. The minimum absolute atomic E-state index is 0.0143. The van der Waals surface area contributed by atoms with Crippen LogP contribution >= 0.6 is 0 Å². The molecule has 1 unspecified atom stereocenters. The van der Waals surface area contributed by atoms with Crippen molar-refractivity contribution in [2.45, 2.75) is 19.4 Å². The van der Waals surface area contributed by atoms with Crippen LogP contribution in [0.15, 0.2) is 91.1 Å². The monoisotopic (exact) mass is 509 g/mol. The predicted molar refractivity (Wildman–Crippen MR) is 153 cm³/mol. The first kappa shape index (κ1) is 25.5. The van der Waals surface area contributed by atoms with Crippen LogP contribution in [-0.2, 0) is 16.0 Å². The first-order valence-corrected chi connectivity index (χ1v) is 13.3. The summed E-state index contributed by atoms with van der Waals surface area (Å²) in [7, 11) is 0. The number of amides is 2. The molecule has 0 aliphatic carbocycles. The van der Waals surface area contributed by atoms with Crippen molar-refractivity contribution in [3.8, 4) is 0 Å². The fourth-order valence-corrected chi connectivity index (χ4v) is 5.25. The van der Waals surface area contributed by atoms with Crippen molar-refractivity contribution >= 4 is 34.1 Å². The summed E-state index contributed by atoms with van der Waals surface area (Å²) in [6, 6.07) is 28.0. The van der Waals surface area contributed by atoms with E-state index in [-0.39, 0.29) is 17.9 Å². The third-order valence-electron chi connectivity index (χ3n) is 7.22. The molecule has 7 heteroatoms. The minimum Gasteiger partial charge on any atom is -0.369 e. The van der Waals surface area contributed by atoms with E-state index in [1.807, 2.05) is 60.8 Å². The van der Waals surface area contributed by atoms with Crippen molar-refractivity contribution in [3.05, 3.63) is 96.7 Å². The van der Waals surface area contributed by atoms with Gasteiger partial charge in [-0.15, -0.1) is 0 Å². The number of nitrogens with zero attached hydrogens (tertiary/aromatic N) is 3. The van der Waals surface area contributed by atoms with E-state index < -0.39 is 0 Å². The van der Waals surface area contributed by atoms with Crippen molar-refractivity contribution < 1.29 is 9.59 Å². The van der Waals surface area contributed by atoms with E-state index in [0.717, 1.165) is 48.3 Å². The van der Waals surface area contributed by atoms with Gasteiger partial charge in [0, 0.05) is 68.1 Å². The van der Waals surface area contributed by atoms with Gasteiger partial charge in [-0.05, 0) is 42.3 Å². The molecule has 7 nitrogen and oxygen atoms in total. The number of carbonyl (C=O) groups excluding carboxylic acids is 2. The summed E-state index contributed by atoms with van der Waals surface area (Å²) in [5.74, 6) is -0.0639. The molecule has 0 radical (unpaired) electrons. The zero-order chi connectivity index (χ0) is 26.3. The number of anilines is 2. The number of H-pyrrole nitrogens is 1. The van der Waals surface area contributed by atoms with Gasteiger partial charge in [0.25, 0.3) is 0 Å². The Morgan fingerprint density at radius 2 is 1.55 bits per heavy atom. The number of piperazine rings is 1. The molecule has 2 N–H and O–H groups in total. The highest BCUT2D eigenvalue weighted by molar-refractivity contribution is 5.91. The van der Waals surface area contributed by atoms with E-state index in [9.17, 15) is 9.59 Å². The number of benzene rings is 3. The molecule has 1 aliphatic rings. The second kappa shape index (κ2) is 12.0. The molecule has 196 valence electrons. The molecule has 2 amide bonds. The minimum atomic E-state index is -0.239. The number of hydrogen-bond donors (Lipinski definition) is 2. The van der Waals surface area contributed by atoms with Crippen molar-refractivity contribution in [2.75, 3.05) is 49.1 Å². The third kappa shape index (κ3) is 6.23. The Kier molecular flexibility index (Phi) is 8.04. The van der Waals surface area contributed by atoms with Crippen LogP contribution in [0.3, 0.4) is 0 Å². The largest absolute Gasteiger partial charge is 0.369 e. The van der Waals surface area contributed by atoms with E-state index >= 15 is 0 Å². The fraction of sp³-hybridized carbons (Fsp3) is 0.290. The van der Waals surface area contributed by atoms with Crippen LogP contribution in [0.4, 0.5) is 11.4 Å². The molecular weight excluding hydrogens is 474 g/mol. The Bertz CT molecular complexity index is 1350. The zero-order valence-corrected chi connectivity index (χ0v) is 21.8. The smallest absolute Gasteiger partial charge is 0.234 e. The molecule has 1 aliphatic heterocycles. The van der Waals surface area contributed by atoms with Crippen LogP contribution in [0, 0.1) is 0 Å². The molecule has 1 aromatic heterocycles. The summed E-state index contributed by atoms with van der Waals surface area (Å²) in [5.41, 5.74) is 4.24. The van der Waals surface area contributed by atoms with Gasteiger partial charge in [-0.25, -0.2) is 0 Å². The Morgan fingerprint density at radius 1 is 0.895 bits per heavy atom. The van der Waals surface area contributed by atoms with Crippen LogP contribution in [0.5, 0.6) is 0 Å². The molecule has 2 heterocycles. The molecule has 0 saturated carbocycles. The normalized spacial score (nSPS) is 14.8. The number of para-hydroxylation sites is 3. The molecule has 0 spiro atoms. The molecule has 3 aromatic carbocycles. The van der Waals surface area contributed by atoms with Crippen LogP contribution in [0.2, 0.25) is 0 Å². The van der Waals surface area contributed by atoms with Crippen molar-refractivity contribution in [1.82, 2.24) is 15.2 Å². The summed E-state index contributed by atoms with van der Waals surface area (Å²) < 4.78 is 0. The lowest BCUT2D eigenvalue weighted by Gasteiger charge is -2.36. The summed E-state index contributed by atoms with van der Waals surface area (Å²) in [4.78, 5) is 35.6. The second-order valence-corrected chi connectivity index (χ2v) is 9.89. The van der Waals surface area contributed by atoms with Gasteiger partial charge in [-0.3, -0.25) is 14.5 Å². The Morgan fingerprint density at radius 3 is 2.26 bits per heavy atom. The lowest BCUT2D eigenvalue weighted by molar-refractivity contribution is -0.123. The lowest BCUT2D eigenvalue weighted by Crippen LogP contribution is -2.52. The van der Waals surface area contributed by atoms with Gasteiger partial charge in [0.05, 0.1) is 12.6 Å². The number of rotatable bonds is 9. The molecular formula is C31H35N5O2. The number of carbonyl (C=O) groups is 2. The average molecular weight is 510 g/mol. The van der Waals surface area contributed by atoms with Gasteiger partial charge in [0.15, 0.2) is 0 Å². The van der Waals surface area contributed by atoms with Crippen LogP contribution < -0.4 is 15.1 Å². The van der Waals surface area contributed by atoms with E-state index in [1.165, 1.54) is 5.69 Å². The highest BCUT2D eigenvalue weighted by atomic mass is 16.2. The quantitative estimate of drug-likeness (QED) is 0.357. The van der Waals surface area contributed by atoms with Crippen molar-refractivity contribution in [2.24, 2.45) is 0 Å².